The summed E-state index contributed by atoms with van der Waals surface area (Å²) in [6.45, 7) is 1.82. The molecule has 1 aromatic rings. The third kappa shape index (κ3) is 4.20. The highest BCUT2D eigenvalue weighted by Crippen LogP contribution is 2.23. The standard InChI is InChI=1S/C11H15BrN2O2/c1-7(13)4-8-5-9(2-3-10(8)12)16-6-11(14)15/h2-3,5,7H,4,6,13H2,1H3,(H2,14,15). The Balaban J connectivity index is 2.76. The molecular weight excluding hydrogens is 272 g/mol. The molecule has 0 saturated carbocycles. The summed E-state index contributed by atoms with van der Waals surface area (Å²) in [4.78, 5) is 10.6. The predicted molar refractivity (Wildman–Crippen MR) is 66.2 cm³/mol. The molecule has 1 amide bonds. The normalized spacial score (nSPS) is 12.2. The molecule has 1 rings (SSSR count). The first-order valence-electron chi connectivity index (χ1n) is 4.94. The SMILES string of the molecule is CC(N)Cc1cc(OCC(N)=O)ccc1Br. The van der Waals surface area contributed by atoms with Gasteiger partial charge >= 0.3 is 0 Å². The molecule has 0 saturated heterocycles. The predicted octanol–water partition coefficient (Wildman–Crippen LogP) is 1.20. The minimum absolute atomic E-state index is 0.0719. The van der Waals surface area contributed by atoms with Gasteiger partial charge in [0, 0.05) is 10.5 Å². The number of carbonyl (C=O) groups is 1. The Morgan fingerprint density at radius 1 is 1.56 bits per heavy atom. The fourth-order valence-electron chi connectivity index (χ4n) is 1.30. The lowest BCUT2D eigenvalue weighted by atomic mass is 10.1. The van der Waals surface area contributed by atoms with Gasteiger partial charge in [-0.15, -0.1) is 0 Å². The van der Waals surface area contributed by atoms with E-state index in [0.29, 0.717) is 5.75 Å². The molecule has 0 bridgehead atoms. The summed E-state index contributed by atoms with van der Waals surface area (Å²) in [7, 11) is 0. The van der Waals surface area contributed by atoms with Gasteiger partial charge in [0.15, 0.2) is 6.61 Å². The van der Waals surface area contributed by atoms with E-state index in [4.69, 9.17) is 16.2 Å². The number of rotatable bonds is 5. The van der Waals surface area contributed by atoms with Crippen LogP contribution in [0, 0.1) is 0 Å². The second-order valence-corrected chi connectivity index (χ2v) is 4.54. The number of halogens is 1. The molecule has 1 aromatic carbocycles. The number of nitrogens with two attached hydrogens (primary N) is 2. The van der Waals surface area contributed by atoms with Gasteiger partial charge in [-0.2, -0.15) is 0 Å². The molecule has 0 radical (unpaired) electrons. The minimum atomic E-state index is -0.489. The minimum Gasteiger partial charge on any atom is -0.484 e. The number of amides is 1. The molecule has 0 spiro atoms. The molecule has 1 atom stereocenters. The Morgan fingerprint density at radius 3 is 2.81 bits per heavy atom. The maximum absolute atomic E-state index is 10.6. The van der Waals surface area contributed by atoms with Gasteiger partial charge in [-0.25, -0.2) is 0 Å². The average molecular weight is 287 g/mol. The first-order valence-corrected chi connectivity index (χ1v) is 5.73. The van der Waals surface area contributed by atoms with E-state index in [1.165, 1.54) is 0 Å². The van der Waals surface area contributed by atoms with Gasteiger partial charge in [-0.3, -0.25) is 4.79 Å². The van der Waals surface area contributed by atoms with Crippen molar-refractivity contribution < 1.29 is 9.53 Å². The van der Waals surface area contributed by atoms with Gasteiger partial charge in [0.1, 0.15) is 5.75 Å². The number of ether oxygens (including phenoxy) is 1. The Labute approximate surface area is 103 Å². The maximum Gasteiger partial charge on any atom is 0.255 e. The van der Waals surface area contributed by atoms with Crippen LogP contribution in [-0.2, 0) is 11.2 Å². The highest BCUT2D eigenvalue weighted by Gasteiger charge is 2.05. The molecule has 4 N–H and O–H groups in total. The van der Waals surface area contributed by atoms with Crippen LogP contribution in [0.2, 0.25) is 0 Å². The van der Waals surface area contributed by atoms with Crippen molar-refractivity contribution in [2.45, 2.75) is 19.4 Å². The molecule has 4 nitrogen and oxygen atoms in total. The first kappa shape index (κ1) is 13.0. The Bertz CT molecular complexity index is 380. The largest absolute Gasteiger partial charge is 0.484 e. The quantitative estimate of drug-likeness (QED) is 0.854. The summed E-state index contributed by atoms with van der Waals surface area (Å²) in [5.41, 5.74) is 11.8. The van der Waals surface area contributed by atoms with Crippen molar-refractivity contribution in [2.24, 2.45) is 11.5 Å². The third-order valence-corrected chi connectivity index (χ3v) is 2.71. The van der Waals surface area contributed by atoms with Crippen molar-refractivity contribution >= 4 is 21.8 Å². The van der Waals surface area contributed by atoms with E-state index in [-0.39, 0.29) is 12.6 Å². The average Bonchev–Trinajstić information content (AvgIpc) is 2.18. The summed E-state index contributed by atoms with van der Waals surface area (Å²) >= 11 is 3.44. The van der Waals surface area contributed by atoms with Crippen molar-refractivity contribution in [3.8, 4) is 5.75 Å². The number of hydrogen-bond acceptors (Lipinski definition) is 3. The van der Waals surface area contributed by atoms with Crippen LogP contribution in [-0.4, -0.2) is 18.6 Å². The van der Waals surface area contributed by atoms with Crippen molar-refractivity contribution in [1.82, 2.24) is 0 Å². The van der Waals surface area contributed by atoms with E-state index in [0.717, 1.165) is 16.5 Å². The topological polar surface area (TPSA) is 78.3 Å². The molecule has 1 unspecified atom stereocenters. The lowest BCUT2D eigenvalue weighted by molar-refractivity contribution is -0.119. The Hall–Kier alpha value is -1.07. The molecule has 88 valence electrons. The summed E-state index contributed by atoms with van der Waals surface area (Å²) in [6.07, 6.45) is 0.744. The van der Waals surface area contributed by atoms with E-state index in [1.54, 1.807) is 6.07 Å². The van der Waals surface area contributed by atoms with Crippen LogP contribution in [0.4, 0.5) is 0 Å². The summed E-state index contributed by atoms with van der Waals surface area (Å²) < 4.78 is 6.19. The molecular formula is C11H15BrN2O2. The lowest BCUT2D eigenvalue weighted by Crippen LogP contribution is -2.20. The zero-order chi connectivity index (χ0) is 12.1. The summed E-state index contributed by atoms with van der Waals surface area (Å²) in [5.74, 6) is 0.134. The van der Waals surface area contributed by atoms with E-state index < -0.39 is 5.91 Å². The second-order valence-electron chi connectivity index (χ2n) is 3.69. The van der Waals surface area contributed by atoms with Crippen LogP contribution in [0.25, 0.3) is 0 Å². The van der Waals surface area contributed by atoms with Gasteiger partial charge in [0.2, 0.25) is 0 Å². The van der Waals surface area contributed by atoms with Crippen molar-refractivity contribution in [1.29, 1.82) is 0 Å². The van der Waals surface area contributed by atoms with Crippen LogP contribution >= 0.6 is 15.9 Å². The van der Waals surface area contributed by atoms with Crippen LogP contribution in [0.3, 0.4) is 0 Å². The van der Waals surface area contributed by atoms with Gasteiger partial charge in [-0.05, 0) is 37.1 Å². The fraction of sp³-hybridized carbons (Fsp3) is 0.364. The second kappa shape index (κ2) is 5.86. The van der Waals surface area contributed by atoms with Gasteiger partial charge < -0.3 is 16.2 Å². The van der Waals surface area contributed by atoms with Crippen LogP contribution in [0.15, 0.2) is 22.7 Å². The van der Waals surface area contributed by atoms with Crippen LogP contribution in [0.1, 0.15) is 12.5 Å². The molecule has 0 heterocycles. The lowest BCUT2D eigenvalue weighted by Gasteiger charge is -2.10. The van der Waals surface area contributed by atoms with Gasteiger partial charge in [-0.1, -0.05) is 15.9 Å². The molecule has 0 aliphatic rings. The van der Waals surface area contributed by atoms with Gasteiger partial charge in [0.05, 0.1) is 0 Å². The zero-order valence-electron chi connectivity index (χ0n) is 9.07. The molecule has 0 aliphatic carbocycles. The fourth-order valence-corrected chi connectivity index (χ4v) is 1.71. The molecule has 0 aliphatic heterocycles. The summed E-state index contributed by atoms with van der Waals surface area (Å²) in [5, 5.41) is 0. The van der Waals surface area contributed by atoms with E-state index in [1.807, 2.05) is 19.1 Å². The highest BCUT2D eigenvalue weighted by molar-refractivity contribution is 9.10. The van der Waals surface area contributed by atoms with Crippen LogP contribution in [0.5, 0.6) is 5.75 Å². The highest BCUT2D eigenvalue weighted by atomic mass is 79.9. The molecule has 5 heteroatoms. The molecule has 0 aromatic heterocycles. The van der Waals surface area contributed by atoms with E-state index in [9.17, 15) is 4.79 Å². The van der Waals surface area contributed by atoms with E-state index >= 15 is 0 Å². The smallest absolute Gasteiger partial charge is 0.255 e. The maximum atomic E-state index is 10.6. The Morgan fingerprint density at radius 2 is 2.25 bits per heavy atom. The number of carbonyl (C=O) groups excluding carboxylic acids is 1. The van der Waals surface area contributed by atoms with Crippen molar-refractivity contribution in [2.75, 3.05) is 6.61 Å². The van der Waals surface area contributed by atoms with E-state index in [2.05, 4.69) is 15.9 Å². The summed E-state index contributed by atoms with van der Waals surface area (Å²) in [6, 6.07) is 5.57. The first-order chi connectivity index (χ1) is 7.49. The van der Waals surface area contributed by atoms with Gasteiger partial charge in [0.25, 0.3) is 5.91 Å². The molecule has 0 fully saturated rings. The third-order valence-electron chi connectivity index (χ3n) is 1.94. The van der Waals surface area contributed by atoms with Crippen molar-refractivity contribution in [3.05, 3.63) is 28.2 Å². The number of primary amides is 1. The number of hydrogen-bond donors (Lipinski definition) is 2. The van der Waals surface area contributed by atoms with Crippen LogP contribution < -0.4 is 16.2 Å². The van der Waals surface area contributed by atoms with Crippen molar-refractivity contribution in [3.63, 3.8) is 0 Å². The zero-order valence-corrected chi connectivity index (χ0v) is 10.7. The molecule has 16 heavy (non-hydrogen) atoms. The Kier molecular flexibility index (Phi) is 4.76. The number of benzene rings is 1. The monoisotopic (exact) mass is 286 g/mol.